The lowest BCUT2D eigenvalue weighted by molar-refractivity contribution is -0.118. The molecular formula is C24H38N6O6PSSi+. The molecule has 1 aliphatic heterocycles. The zero-order valence-corrected chi connectivity index (χ0v) is 26.4. The van der Waals surface area contributed by atoms with Crippen LogP contribution < -0.4 is 10.9 Å². The van der Waals surface area contributed by atoms with E-state index in [1.54, 1.807) is 18.4 Å². The average Bonchev–Trinajstić information content (AvgIpc) is 3.38. The summed E-state index contributed by atoms with van der Waals surface area (Å²) in [5, 5.41) is 11.3. The molecular weight excluding hydrogens is 559 g/mol. The maximum Gasteiger partial charge on any atom is 0.521 e. The normalized spacial score (nSPS) is 22.3. The third-order valence-electron chi connectivity index (χ3n) is 7.16. The highest BCUT2D eigenvalue weighted by Crippen LogP contribution is 2.44. The Bertz CT molecular complexity index is 1300. The number of fused-ring (bicyclic) bond motifs is 1. The first kappa shape index (κ1) is 31.4. The number of rotatable bonds is 11. The van der Waals surface area contributed by atoms with Crippen LogP contribution in [0.4, 0.5) is 5.95 Å². The highest BCUT2D eigenvalue weighted by atomic mass is 32.4. The van der Waals surface area contributed by atoms with Crippen molar-refractivity contribution in [1.82, 2.24) is 19.5 Å². The van der Waals surface area contributed by atoms with Crippen molar-refractivity contribution >= 4 is 50.3 Å². The number of aromatic amines is 1. The topological polar surface area (TPSA) is 153 Å². The minimum atomic E-state index is -2.26. The Morgan fingerprint density at radius 3 is 2.69 bits per heavy atom. The quantitative estimate of drug-likeness (QED) is 0.217. The van der Waals surface area contributed by atoms with Crippen molar-refractivity contribution in [2.45, 2.75) is 84.5 Å². The number of amides is 1. The van der Waals surface area contributed by atoms with Gasteiger partial charge in [0.2, 0.25) is 23.7 Å². The van der Waals surface area contributed by atoms with E-state index in [-0.39, 0.29) is 59.5 Å². The van der Waals surface area contributed by atoms with Crippen molar-refractivity contribution in [2.75, 3.05) is 18.5 Å². The van der Waals surface area contributed by atoms with Crippen molar-refractivity contribution in [3.8, 4) is 6.07 Å². The fourth-order valence-electron chi connectivity index (χ4n) is 3.72. The third kappa shape index (κ3) is 7.35. The Kier molecular flexibility index (Phi) is 10.1. The second-order valence-corrected chi connectivity index (χ2v) is 18.0. The predicted molar refractivity (Wildman–Crippen MR) is 153 cm³/mol. The van der Waals surface area contributed by atoms with E-state index in [0.29, 0.717) is 0 Å². The smallest absolute Gasteiger partial charge is 0.409 e. The Labute approximate surface area is 235 Å². The van der Waals surface area contributed by atoms with Gasteiger partial charge in [0.1, 0.15) is 13.2 Å². The molecule has 3 rings (SSSR count). The van der Waals surface area contributed by atoms with Gasteiger partial charge in [-0.2, -0.15) is 10.2 Å². The number of anilines is 1. The molecule has 0 aromatic carbocycles. The van der Waals surface area contributed by atoms with Gasteiger partial charge in [-0.1, -0.05) is 41.5 Å². The number of hydrogen-bond donors (Lipinski definition) is 2. The van der Waals surface area contributed by atoms with Crippen LogP contribution in [0.3, 0.4) is 0 Å². The van der Waals surface area contributed by atoms with Crippen LogP contribution in [0.5, 0.6) is 0 Å². The van der Waals surface area contributed by atoms with E-state index in [9.17, 15) is 9.59 Å². The van der Waals surface area contributed by atoms with Crippen molar-refractivity contribution in [3.63, 3.8) is 0 Å². The van der Waals surface area contributed by atoms with Gasteiger partial charge in [0, 0.05) is 11.8 Å². The zero-order valence-electron chi connectivity index (χ0n) is 23.7. The van der Waals surface area contributed by atoms with Gasteiger partial charge in [-0.3, -0.25) is 24.5 Å². The van der Waals surface area contributed by atoms with E-state index in [1.807, 2.05) is 13.0 Å². The zero-order chi connectivity index (χ0) is 29.1. The molecule has 1 fully saturated rings. The van der Waals surface area contributed by atoms with Crippen LogP contribution in [0.2, 0.25) is 18.1 Å². The molecule has 1 amide bonds. The van der Waals surface area contributed by atoms with Crippen molar-refractivity contribution in [3.05, 3.63) is 16.7 Å². The van der Waals surface area contributed by atoms with Gasteiger partial charge in [-0.25, -0.2) is 4.98 Å². The van der Waals surface area contributed by atoms with Crippen molar-refractivity contribution in [1.29, 1.82) is 5.26 Å². The SMILES string of the molecule is CC(C)C(=O)Nc1nc2c(ncn2[C@@H]2O[C@H](CO[P+](=S)OCCC#N)[C@@H](C)[C@H]2O[Si](C)(C)C(C)(C)C)c(=O)[nH]1. The molecule has 1 unspecified atom stereocenters. The maximum absolute atomic E-state index is 12.8. The second-order valence-electron chi connectivity index (χ2n) is 11.4. The van der Waals surface area contributed by atoms with Crippen LogP contribution in [0, 0.1) is 23.2 Å². The average molecular weight is 598 g/mol. The van der Waals surface area contributed by atoms with Crippen LogP contribution in [-0.4, -0.2) is 59.2 Å². The van der Waals surface area contributed by atoms with Gasteiger partial charge < -0.3 is 9.16 Å². The molecule has 2 aromatic rings. The number of hydrogen-bond acceptors (Lipinski definition) is 10. The summed E-state index contributed by atoms with van der Waals surface area (Å²) in [5.41, 5.74) is -0.0813. The number of aromatic nitrogens is 4. The predicted octanol–water partition coefficient (Wildman–Crippen LogP) is 4.36. The van der Waals surface area contributed by atoms with Crippen molar-refractivity contribution in [2.24, 2.45) is 11.8 Å². The minimum Gasteiger partial charge on any atom is -0.409 e. The van der Waals surface area contributed by atoms with Gasteiger partial charge in [0.15, 0.2) is 25.7 Å². The number of ether oxygens (including phenoxy) is 1. The molecule has 2 aromatic heterocycles. The molecule has 3 heterocycles. The van der Waals surface area contributed by atoms with E-state index >= 15 is 0 Å². The third-order valence-corrected chi connectivity index (χ3v) is 13.0. The Morgan fingerprint density at radius 2 is 2.08 bits per heavy atom. The minimum absolute atomic E-state index is 0.0343. The molecule has 5 atom stereocenters. The molecule has 0 radical (unpaired) electrons. The molecule has 0 saturated carbocycles. The van der Waals surface area contributed by atoms with Crippen LogP contribution in [-0.2, 0) is 34.8 Å². The van der Waals surface area contributed by atoms with E-state index in [4.69, 9.17) is 35.3 Å². The fraction of sp³-hybridized carbons (Fsp3) is 0.708. The molecule has 214 valence electrons. The summed E-state index contributed by atoms with van der Waals surface area (Å²) in [6.45, 7) is 16.7. The number of nitrogens with one attached hydrogen (secondary N) is 2. The molecule has 0 spiro atoms. The Hall–Kier alpha value is -2.11. The Morgan fingerprint density at radius 1 is 1.38 bits per heavy atom. The lowest BCUT2D eigenvalue weighted by Gasteiger charge is -2.40. The monoisotopic (exact) mass is 597 g/mol. The number of H-pyrrole nitrogens is 1. The molecule has 2 N–H and O–H groups in total. The summed E-state index contributed by atoms with van der Waals surface area (Å²) in [4.78, 5) is 36.4. The summed E-state index contributed by atoms with van der Waals surface area (Å²) >= 11 is 5.28. The summed E-state index contributed by atoms with van der Waals surface area (Å²) in [7, 11) is -3.85. The molecule has 1 saturated heterocycles. The Balaban J connectivity index is 1.96. The van der Waals surface area contributed by atoms with E-state index < -0.39 is 39.5 Å². The number of imidazole rings is 1. The van der Waals surface area contributed by atoms with Crippen LogP contribution >= 0.6 is 7.15 Å². The molecule has 12 nitrogen and oxygen atoms in total. The van der Waals surface area contributed by atoms with Gasteiger partial charge in [-0.15, -0.1) is 9.05 Å². The summed E-state index contributed by atoms with van der Waals surface area (Å²) in [5.74, 6) is -0.645. The van der Waals surface area contributed by atoms with Crippen molar-refractivity contribution < 1.29 is 23.0 Å². The molecule has 0 bridgehead atoms. The summed E-state index contributed by atoms with van der Waals surface area (Å²) in [6, 6.07) is 2.01. The number of carbonyl (C=O) groups excluding carboxylic acids is 1. The highest BCUT2D eigenvalue weighted by Gasteiger charge is 2.50. The largest absolute Gasteiger partial charge is 0.521 e. The highest BCUT2D eigenvalue weighted by molar-refractivity contribution is 8.00. The van der Waals surface area contributed by atoms with Crippen LogP contribution in [0.1, 0.15) is 54.2 Å². The van der Waals surface area contributed by atoms with Crippen LogP contribution in [0.25, 0.3) is 11.2 Å². The number of nitrogens with zero attached hydrogens (tertiary/aromatic N) is 4. The van der Waals surface area contributed by atoms with Gasteiger partial charge in [-0.05, 0) is 18.1 Å². The molecule has 0 aliphatic carbocycles. The first-order chi connectivity index (χ1) is 18.2. The molecule has 15 heteroatoms. The first-order valence-electron chi connectivity index (χ1n) is 12.9. The van der Waals surface area contributed by atoms with E-state index in [2.05, 4.69) is 54.1 Å². The lowest BCUT2D eigenvalue weighted by Crippen LogP contribution is -2.46. The van der Waals surface area contributed by atoms with E-state index in [0.717, 1.165) is 0 Å². The lowest BCUT2D eigenvalue weighted by atomic mass is 10.0. The van der Waals surface area contributed by atoms with Crippen LogP contribution in [0.15, 0.2) is 11.1 Å². The second kappa shape index (κ2) is 12.6. The summed E-state index contributed by atoms with van der Waals surface area (Å²) < 4.78 is 26.2. The van der Waals surface area contributed by atoms with Gasteiger partial charge in [0.05, 0.1) is 31.0 Å². The number of nitriles is 1. The summed E-state index contributed by atoms with van der Waals surface area (Å²) in [6.07, 6.45) is 0.291. The van der Waals surface area contributed by atoms with E-state index in [1.165, 1.54) is 6.33 Å². The standard InChI is InChI=1S/C24H37N6O6PSSi/c1-14(2)20(31)28-23-27-19-17(21(32)29-23)26-13-30(19)22-18(36-39(7,8)24(4,5)6)15(3)16(35-22)12-34-37(38)33-11-9-10-25/h13-16,18,22H,9,11-12H2,1-8H3,(H-,27,28,29,31,32)/p+1/t15-,16-,18-,22-/m1/s1. The first-order valence-corrected chi connectivity index (χ1v) is 18.0. The maximum atomic E-state index is 12.8. The fourth-order valence-corrected chi connectivity index (χ4v) is 6.07. The van der Waals surface area contributed by atoms with Gasteiger partial charge >= 0.3 is 7.15 Å². The van der Waals surface area contributed by atoms with Gasteiger partial charge in [0.25, 0.3) is 5.56 Å². The molecule has 1 aliphatic rings. The number of carbonyl (C=O) groups is 1. The molecule has 39 heavy (non-hydrogen) atoms.